The molecular formula is C19H19ClN6O3. The molecule has 9 nitrogen and oxygen atoms in total. The zero-order valence-electron chi connectivity index (χ0n) is 15.8. The number of anilines is 2. The van der Waals surface area contributed by atoms with Crippen molar-refractivity contribution in [3.05, 3.63) is 47.5 Å². The van der Waals surface area contributed by atoms with Crippen LogP contribution in [0.3, 0.4) is 0 Å². The standard InChI is InChI=1S/C19H19ClN6O3/c1-3-29-15-6-4-5-14(10-15)22-18(28)11-26-24-19(23-25-26)13-7-8-17(16(20)9-13)21-12(2)27/h4-10H,3,11H2,1-2H3,(H,21,27)(H,22,28). The van der Waals surface area contributed by atoms with Gasteiger partial charge < -0.3 is 15.4 Å². The summed E-state index contributed by atoms with van der Waals surface area (Å²) in [4.78, 5) is 24.6. The van der Waals surface area contributed by atoms with E-state index in [1.165, 1.54) is 11.7 Å². The van der Waals surface area contributed by atoms with Crippen molar-refractivity contribution in [2.24, 2.45) is 0 Å². The quantitative estimate of drug-likeness (QED) is 0.614. The van der Waals surface area contributed by atoms with Crippen LogP contribution in [0, 0.1) is 0 Å². The average molecular weight is 415 g/mol. The van der Waals surface area contributed by atoms with Crippen LogP contribution >= 0.6 is 11.6 Å². The Morgan fingerprint density at radius 3 is 2.72 bits per heavy atom. The molecule has 0 saturated heterocycles. The van der Waals surface area contributed by atoms with Crippen LogP contribution in [0.4, 0.5) is 11.4 Å². The fourth-order valence-corrected chi connectivity index (χ4v) is 2.76. The first-order chi connectivity index (χ1) is 13.9. The summed E-state index contributed by atoms with van der Waals surface area (Å²) in [5, 5.41) is 17.8. The van der Waals surface area contributed by atoms with Crippen LogP contribution in [0.1, 0.15) is 13.8 Å². The molecule has 3 aromatic rings. The van der Waals surface area contributed by atoms with Gasteiger partial charge in [0.2, 0.25) is 17.6 Å². The Hall–Kier alpha value is -3.46. The molecule has 10 heteroatoms. The lowest BCUT2D eigenvalue weighted by atomic mass is 10.2. The maximum atomic E-state index is 12.3. The number of amides is 2. The van der Waals surface area contributed by atoms with Crippen molar-refractivity contribution in [2.75, 3.05) is 17.2 Å². The molecule has 2 aromatic carbocycles. The van der Waals surface area contributed by atoms with Gasteiger partial charge >= 0.3 is 0 Å². The van der Waals surface area contributed by atoms with Gasteiger partial charge in [-0.05, 0) is 42.5 Å². The first kappa shape index (κ1) is 20.3. The Morgan fingerprint density at radius 2 is 2.00 bits per heavy atom. The lowest BCUT2D eigenvalue weighted by molar-refractivity contribution is -0.117. The SMILES string of the molecule is CCOc1cccc(NC(=O)Cn2nnc(-c3ccc(NC(C)=O)c(Cl)c3)n2)c1. The molecule has 0 unspecified atom stereocenters. The highest BCUT2D eigenvalue weighted by Crippen LogP contribution is 2.27. The lowest BCUT2D eigenvalue weighted by Crippen LogP contribution is -2.20. The second-order valence-electron chi connectivity index (χ2n) is 6.03. The lowest BCUT2D eigenvalue weighted by Gasteiger charge is -2.07. The number of halogens is 1. The first-order valence-corrected chi connectivity index (χ1v) is 9.20. The number of ether oxygens (including phenoxy) is 1. The molecule has 0 bridgehead atoms. The Balaban J connectivity index is 1.65. The van der Waals surface area contributed by atoms with E-state index in [-0.39, 0.29) is 18.4 Å². The number of rotatable bonds is 7. The molecule has 0 aliphatic heterocycles. The largest absolute Gasteiger partial charge is 0.494 e. The molecule has 0 radical (unpaired) electrons. The van der Waals surface area contributed by atoms with E-state index in [1.54, 1.807) is 36.4 Å². The van der Waals surface area contributed by atoms with Gasteiger partial charge in [0, 0.05) is 24.2 Å². The Kier molecular flexibility index (Phi) is 6.40. The molecule has 0 spiro atoms. The Labute approximate surface area is 172 Å². The summed E-state index contributed by atoms with van der Waals surface area (Å²) in [6.45, 7) is 3.72. The number of hydrogen-bond donors (Lipinski definition) is 2. The molecular weight excluding hydrogens is 396 g/mol. The highest BCUT2D eigenvalue weighted by atomic mass is 35.5. The molecule has 2 N–H and O–H groups in total. The maximum Gasteiger partial charge on any atom is 0.248 e. The zero-order chi connectivity index (χ0) is 20.8. The van der Waals surface area contributed by atoms with E-state index in [4.69, 9.17) is 16.3 Å². The third-order valence-corrected chi connectivity index (χ3v) is 4.02. The third kappa shape index (κ3) is 5.52. The normalized spacial score (nSPS) is 10.4. The van der Waals surface area contributed by atoms with Crippen molar-refractivity contribution in [2.45, 2.75) is 20.4 Å². The minimum Gasteiger partial charge on any atom is -0.494 e. The second-order valence-corrected chi connectivity index (χ2v) is 6.44. The summed E-state index contributed by atoms with van der Waals surface area (Å²) in [7, 11) is 0. The maximum absolute atomic E-state index is 12.3. The summed E-state index contributed by atoms with van der Waals surface area (Å²) in [5.41, 5.74) is 1.71. The summed E-state index contributed by atoms with van der Waals surface area (Å²) >= 11 is 6.17. The van der Waals surface area contributed by atoms with Gasteiger partial charge in [-0.1, -0.05) is 17.7 Å². The van der Waals surface area contributed by atoms with E-state index in [1.807, 2.05) is 13.0 Å². The number of carbonyl (C=O) groups excluding carboxylic acids is 2. The predicted octanol–water partition coefficient (Wildman–Crippen LogP) is 2.99. The molecule has 1 heterocycles. The average Bonchev–Trinajstić information content (AvgIpc) is 3.12. The number of carbonyl (C=O) groups is 2. The molecule has 0 aliphatic rings. The van der Waals surface area contributed by atoms with Crippen molar-refractivity contribution >= 4 is 34.8 Å². The zero-order valence-corrected chi connectivity index (χ0v) is 16.6. The Bertz CT molecular complexity index is 1040. The molecule has 150 valence electrons. The highest BCUT2D eigenvalue weighted by molar-refractivity contribution is 6.34. The van der Waals surface area contributed by atoms with Crippen LogP contribution in [-0.4, -0.2) is 38.6 Å². The molecule has 3 rings (SSSR count). The molecule has 0 fully saturated rings. The van der Waals surface area contributed by atoms with E-state index in [9.17, 15) is 9.59 Å². The summed E-state index contributed by atoms with van der Waals surface area (Å²) in [5.74, 6) is 0.460. The monoisotopic (exact) mass is 414 g/mol. The fraction of sp³-hybridized carbons (Fsp3) is 0.211. The molecule has 0 saturated carbocycles. The van der Waals surface area contributed by atoms with Crippen LogP contribution in [0.5, 0.6) is 5.75 Å². The number of nitrogens with one attached hydrogen (secondary N) is 2. The number of nitrogens with zero attached hydrogens (tertiary/aromatic N) is 4. The summed E-state index contributed by atoms with van der Waals surface area (Å²) in [6.07, 6.45) is 0. The highest BCUT2D eigenvalue weighted by Gasteiger charge is 2.12. The molecule has 0 atom stereocenters. The topological polar surface area (TPSA) is 111 Å². The van der Waals surface area contributed by atoms with Crippen LogP contribution < -0.4 is 15.4 Å². The van der Waals surface area contributed by atoms with E-state index >= 15 is 0 Å². The first-order valence-electron chi connectivity index (χ1n) is 8.82. The van der Waals surface area contributed by atoms with Crippen molar-refractivity contribution in [1.29, 1.82) is 0 Å². The van der Waals surface area contributed by atoms with E-state index in [0.717, 1.165) is 0 Å². The molecule has 29 heavy (non-hydrogen) atoms. The van der Waals surface area contributed by atoms with Gasteiger partial charge in [0.1, 0.15) is 12.3 Å². The number of tetrazole rings is 1. The fourth-order valence-electron chi connectivity index (χ4n) is 2.53. The van der Waals surface area contributed by atoms with E-state index < -0.39 is 0 Å². The number of hydrogen-bond acceptors (Lipinski definition) is 6. The van der Waals surface area contributed by atoms with Crippen molar-refractivity contribution in [3.8, 4) is 17.1 Å². The molecule has 0 aliphatic carbocycles. The van der Waals surface area contributed by atoms with Crippen molar-refractivity contribution < 1.29 is 14.3 Å². The summed E-state index contributed by atoms with van der Waals surface area (Å²) < 4.78 is 5.41. The van der Waals surface area contributed by atoms with E-state index in [0.29, 0.717) is 40.1 Å². The van der Waals surface area contributed by atoms with Crippen LogP contribution in [0.2, 0.25) is 5.02 Å². The van der Waals surface area contributed by atoms with E-state index in [2.05, 4.69) is 26.0 Å². The molecule has 2 amide bonds. The van der Waals surface area contributed by atoms with Crippen LogP contribution in [-0.2, 0) is 16.1 Å². The number of benzene rings is 2. The van der Waals surface area contributed by atoms with Crippen LogP contribution in [0.15, 0.2) is 42.5 Å². The van der Waals surface area contributed by atoms with Crippen molar-refractivity contribution in [3.63, 3.8) is 0 Å². The van der Waals surface area contributed by atoms with Gasteiger partial charge in [-0.25, -0.2) is 0 Å². The van der Waals surface area contributed by atoms with Gasteiger partial charge in [0.15, 0.2) is 0 Å². The smallest absolute Gasteiger partial charge is 0.248 e. The third-order valence-electron chi connectivity index (χ3n) is 3.70. The van der Waals surface area contributed by atoms with Gasteiger partial charge in [-0.3, -0.25) is 9.59 Å². The van der Waals surface area contributed by atoms with Gasteiger partial charge in [-0.15, -0.1) is 10.2 Å². The minimum atomic E-state index is -0.304. The van der Waals surface area contributed by atoms with Crippen LogP contribution in [0.25, 0.3) is 11.4 Å². The molecule has 1 aromatic heterocycles. The predicted molar refractivity (Wildman–Crippen MR) is 109 cm³/mol. The van der Waals surface area contributed by atoms with Gasteiger partial charge in [0.25, 0.3) is 0 Å². The number of aromatic nitrogens is 4. The van der Waals surface area contributed by atoms with Gasteiger partial charge in [-0.2, -0.15) is 4.80 Å². The second kappa shape index (κ2) is 9.16. The minimum absolute atomic E-state index is 0.108. The van der Waals surface area contributed by atoms with Gasteiger partial charge in [0.05, 0.1) is 17.3 Å². The summed E-state index contributed by atoms with van der Waals surface area (Å²) in [6, 6.07) is 12.1. The Morgan fingerprint density at radius 1 is 1.17 bits per heavy atom. The van der Waals surface area contributed by atoms with Crippen molar-refractivity contribution in [1.82, 2.24) is 20.2 Å².